The Morgan fingerprint density at radius 1 is 1.11 bits per heavy atom. The molecule has 2 N–H and O–H groups in total. The van der Waals surface area contributed by atoms with E-state index in [1.54, 1.807) is 36.1 Å². The Bertz CT molecular complexity index is 1310. The van der Waals surface area contributed by atoms with E-state index in [0.29, 0.717) is 47.3 Å². The Morgan fingerprint density at radius 2 is 1.79 bits per heavy atom. The van der Waals surface area contributed by atoms with Gasteiger partial charge in [-0.2, -0.15) is 0 Å². The molecule has 1 aromatic heterocycles. The van der Waals surface area contributed by atoms with Gasteiger partial charge in [-0.05, 0) is 54.8 Å². The molecule has 2 atom stereocenters. The molecule has 3 aromatic rings. The lowest BCUT2D eigenvalue weighted by atomic mass is 9.66. The van der Waals surface area contributed by atoms with Crippen molar-refractivity contribution in [2.24, 2.45) is 5.41 Å². The van der Waals surface area contributed by atoms with E-state index in [9.17, 15) is 14.7 Å². The van der Waals surface area contributed by atoms with Crippen LogP contribution >= 0.6 is 11.6 Å². The number of rotatable bonds is 7. The Morgan fingerprint density at radius 3 is 2.37 bits per heavy atom. The first-order valence-corrected chi connectivity index (χ1v) is 12.8. The molecule has 0 unspecified atom stereocenters. The van der Waals surface area contributed by atoms with E-state index >= 15 is 0 Å². The van der Waals surface area contributed by atoms with Gasteiger partial charge in [0.25, 0.3) is 5.91 Å². The van der Waals surface area contributed by atoms with E-state index in [4.69, 9.17) is 16.3 Å². The number of carbonyl (C=O) groups is 2. The molecule has 2 heterocycles. The van der Waals surface area contributed by atoms with Gasteiger partial charge in [0, 0.05) is 35.8 Å². The van der Waals surface area contributed by atoms with Crippen molar-refractivity contribution in [3.05, 3.63) is 101 Å². The molecule has 2 amide bonds. The standard InChI is InChI=1S/C30H32ClN3O4/c1-20(2)26(33-27(35)21-10-15-25(32-18-21)38-24-8-6-5-7-9-24)28(36)34-17-16-30(37,29(3,4)19-34)22-11-13-23(31)14-12-22/h5-15,18,26,37H,1,16-17,19H2,2-4H3,(H,33,35)/t26-,30+/m1/s1. The second-order valence-corrected chi connectivity index (χ2v) is 10.8. The molecule has 1 saturated heterocycles. The van der Waals surface area contributed by atoms with Crippen LogP contribution in [-0.2, 0) is 10.4 Å². The average molecular weight is 534 g/mol. The summed E-state index contributed by atoms with van der Waals surface area (Å²) in [6, 6.07) is 18.6. The minimum Gasteiger partial charge on any atom is -0.439 e. The van der Waals surface area contributed by atoms with Crippen LogP contribution in [0, 0.1) is 5.41 Å². The molecule has 4 rings (SSSR count). The van der Waals surface area contributed by atoms with Crippen molar-refractivity contribution in [3.8, 4) is 11.6 Å². The van der Waals surface area contributed by atoms with Crippen molar-refractivity contribution >= 4 is 23.4 Å². The molecule has 8 heteroatoms. The second kappa shape index (κ2) is 11.0. The molecule has 1 fully saturated rings. The first-order valence-electron chi connectivity index (χ1n) is 12.4. The Kier molecular flexibility index (Phi) is 7.90. The van der Waals surface area contributed by atoms with Crippen LogP contribution < -0.4 is 10.1 Å². The van der Waals surface area contributed by atoms with E-state index in [0.717, 1.165) is 5.56 Å². The molecular weight excluding hydrogens is 502 g/mol. The predicted molar refractivity (Wildman–Crippen MR) is 147 cm³/mol. The monoisotopic (exact) mass is 533 g/mol. The number of ether oxygens (including phenoxy) is 1. The fourth-order valence-electron chi connectivity index (χ4n) is 4.75. The van der Waals surface area contributed by atoms with Crippen LogP contribution in [0.4, 0.5) is 0 Å². The highest BCUT2D eigenvalue weighted by atomic mass is 35.5. The number of hydrogen-bond acceptors (Lipinski definition) is 5. The molecule has 1 aliphatic rings. The largest absolute Gasteiger partial charge is 0.439 e. The summed E-state index contributed by atoms with van der Waals surface area (Å²) in [5, 5.41) is 15.0. The molecule has 0 spiro atoms. The third-order valence-electron chi connectivity index (χ3n) is 7.06. The van der Waals surface area contributed by atoms with Crippen molar-refractivity contribution in [3.63, 3.8) is 0 Å². The number of likely N-dealkylation sites (tertiary alicyclic amines) is 1. The fourth-order valence-corrected chi connectivity index (χ4v) is 4.87. The fraction of sp³-hybridized carbons (Fsp3) is 0.300. The maximum Gasteiger partial charge on any atom is 0.253 e. The number of nitrogens with one attached hydrogen (secondary N) is 1. The number of amides is 2. The van der Waals surface area contributed by atoms with Crippen LogP contribution in [0.15, 0.2) is 85.1 Å². The Labute approximate surface area is 228 Å². The van der Waals surface area contributed by atoms with E-state index < -0.39 is 23.0 Å². The van der Waals surface area contributed by atoms with E-state index in [2.05, 4.69) is 16.9 Å². The van der Waals surface area contributed by atoms with Gasteiger partial charge in [0.2, 0.25) is 11.8 Å². The lowest BCUT2D eigenvalue weighted by molar-refractivity contribution is -0.154. The quantitative estimate of drug-likeness (QED) is 0.399. The zero-order valence-corrected chi connectivity index (χ0v) is 22.5. The van der Waals surface area contributed by atoms with Gasteiger partial charge in [-0.1, -0.05) is 62.4 Å². The van der Waals surface area contributed by atoms with E-state index in [1.807, 2.05) is 56.3 Å². The Hall–Kier alpha value is -3.68. The van der Waals surface area contributed by atoms with Crippen LogP contribution in [0.25, 0.3) is 0 Å². The van der Waals surface area contributed by atoms with Crippen LogP contribution in [0.5, 0.6) is 11.6 Å². The van der Waals surface area contributed by atoms with Gasteiger partial charge in [0.05, 0.1) is 11.2 Å². The smallest absolute Gasteiger partial charge is 0.253 e. The highest BCUT2D eigenvalue weighted by molar-refractivity contribution is 6.30. The third kappa shape index (κ3) is 5.74. The van der Waals surface area contributed by atoms with Gasteiger partial charge in [-0.3, -0.25) is 9.59 Å². The summed E-state index contributed by atoms with van der Waals surface area (Å²) in [6.45, 7) is 10.1. The summed E-state index contributed by atoms with van der Waals surface area (Å²) >= 11 is 6.04. The van der Waals surface area contributed by atoms with Crippen LogP contribution in [-0.4, -0.2) is 45.9 Å². The topological polar surface area (TPSA) is 91.8 Å². The summed E-state index contributed by atoms with van der Waals surface area (Å²) in [5.74, 6) is 0.273. The van der Waals surface area contributed by atoms with Gasteiger partial charge in [-0.25, -0.2) is 4.98 Å². The predicted octanol–water partition coefficient (Wildman–Crippen LogP) is 5.35. The van der Waals surface area contributed by atoms with Crippen LogP contribution in [0.2, 0.25) is 5.02 Å². The average Bonchev–Trinajstić information content (AvgIpc) is 2.89. The molecule has 0 radical (unpaired) electrons. The highest BCUT2D eigenvalue weighted by Crippen LogP contribution is 2.46. The molecule has 0 aliphatic carbocycles. The molecule has 0 saturated carbocycles. The summed E-state index contributed by atoms with van der Waals surface area (Å²) in [4.78, 5) is 32.5. The lowest BCUT2D eigenvalue weighted by Crippen LogP contribution is -2.60. The highest BCUT2D eigenvalue weighted by Gasteiger charge is 2.50. The van der Waals surface area contributed by atoms with E-state index in [-0.39, 0.29) is 5.91 Å². The SMILES string of the molecule is C=C(C)[C@@H](NC(=O)c1ccc(Oc2ccccc2)nc1)C(=O)N1CC[C@](O)(c2ccc(Cl)cc2)C(C)(C)C1. The zero-order chi connectivity index (χ0) is 27.5. The Balaban J connectivity index is 1.44. The minimum absolute atomic E-state index is 0.269. The van der Waals surface area contributed by atoms with Gasteiger partial charge in [0.1, 0.15) is 11.8 Å². The third-order valence-corrected chi connectivity index (χ3v) is 7.31. The molecule has 7 nitrogen and oxygen atoms in total. The van der Waals surface area contributed by atoms with Crippen molar-refractivity contribution < 1.29 is 19.4 Å². The number of benzene rings is 2. The molecule has 198 valence electrons. The van der Waals surface area contributed by atoms with E-state index in [1.165, 1.54) is 6.20 Å². The minimum atomic E-state index is -1.13. The number of hydrogen-bond donors (Lipinski definition) is 2. The van der Waals surface area contributed by atoms with Gasteiger partial charge in [0.15, 0.2) is 0 Å². The lowest BCUT2D eigenvalue weighted by Gasteiger charge is -2.51. The van der Waals surface area contributed by atoms with Crippen LogP contribution in [0.3, 0.4) is 0 Å². The normalized spacial score (nSPS) is 19.3. The number of aromatic nitrogens is 1. The number of pyridine rings is 1. The van der Waals surface area contributed by atoms with Gasteiger partial charge in [-0.15, -0.1) is 0 Å². The van der Waals surface area contributed by atoms with Crippen molar-refractivity contribution in [2.75, 3.05) is 13.1 Å². The maximum atomic E-state index is 13.6. The second-order valence-electron chi connectivity index (χ2n) is 10.3. The first kappa shape index (κ1) is 27.4. The molecule has 1 aliphatic heterocycles. The van der Waals surface area contributed by atoms with Gasteiger partial charge < -0.3 is 20.1 Å². The molecular formula is C30H32ClN3O4. The molecule has 38 heavy (non-hydrogen) atoms. The number of para-hydroxylation sites is 1. The van der Waals surface area contributed by atoms with Gasteiger partial charge >= 0.3 is 0 Å². The number of aliphatic hydroxyl groups is 1. The summed E-state index contributed by atoms with van der Waals surface area (Å²) in [7, 11) is 0. The van der Waals surface area contributed by atoms with Crippen molar-refractivity contribution in [2.45, 2.75) is 38.8 Å². The van der Waals surface area contributed by atoms with Crippen molar-refractivity contribution in [1.29, 1.82) is 0 Å². The number of halogens is 1. The zero-order valence-electron chi connectivity index (χ0n) is 21.8. The maximum absolute atomic E-state index is 13.6. The first-order chi connectivity index (χ1) is 18.0. The summed E-state index contributed by atoms with van der Waals surface area (Å²) in [5.41, 5.74) is -0.226. The number of piperidine rings is 1. The number of nitrogens with zero attached hydrogens (tertiary/aromatic N) is 2. The molecule has 0 bridgehead atoms. The number of carbonyl (C=O) groups excluding carboxylic acids is 2. The summed E-state index contributed by atoms with van der Waals surface area (Å²) < 4.78 is 5.68. The molecule has 2 aromatic carbocycles. The van der Waals surface area contributed by atoms with Crippen LogP contribution in [0.1, 0.15) is 43.1 Å². The van der Waals surface area contributed by atoms with Crippen molar-refractivity contribution in [1.82, 2.24) is 15.2 Å². The summed E-state index contributed by atoms with van der Waals surface area (Å²) in [6.07, 6.45) is 1.75.